The second-order valence-electron chi connectivity index (χ2n) is 3.61. The number of morpholine rings is 1. The molecule has 0 unspecified atom stereocenters. The van der Waals surface area contributed by atoms with Crippen LogP contribution in [0.25, 0.3) is 0 Å². The van der Waals surface area contributed by atoms with Crippen molar-refractivity contribution >= 4 is 0 Å². The van der Waals surface area contributed by atoms with Crippen molar-refractivity contribution in [2.45, 2.75) is 0 Å². The summed E-state index contributed by atoms with van der Waals surface area (Å²) in [6.07, 6.45) is 4.36. The maximum Gasteiger partial charge on any atom is 0.0594 e. The summed E-state index contributed by atoms with van der Waals surface area (Å²) in [7, 11) is 4.22. The fraction of sp³-hybridized carbons (Fsp3) is 0.800. The van der Waals surface area contributed by atoms with Crippen LogP contribution in [0.4, 0.5) is 0 Å². The van der Waals surface area contributed by atoms with E-state index in [1.54, 1.807) is 0 Å². The molecular weight excluding hydrogens is 164 g/mol. The van der Waals surface area contributed by atoms with Gasteiger partial charge in [0, 0.05) is 26.2 Å². The van der Waals surface area contributed by atoms with Crippen LogP contribution in [0.15, 0.2) is 12.2 Å². The molecule has 0 aromatic rings. The lowest BCUT2D eigenvalue weighted by molar-refractivity contribution is 0.0503. The van der Waals surface area contributed by atoms with Crippen molar-refractivity contribution in [1.29, 1.82) is 0 Å². The van der Waals surface area contributed by atoms with Gasteiger partial charge in [-0.25, -0.2) is 0 Å². The first kappa shape index (κ1) is 10.7. The SMILES string of the molecule is CN1CC=CC1.CN1CCOCC1. The quantitative estimate of drug-likeness (QED) is 0.508. The van der Waals surface area contributed by atoms with Crippen molar-refractivity contribution in [2.75, 3.05) is 53.5 Å². The summed E-state index contributed by atoms with van der Waals surface area (Å²) in [6, 6.07) is 0. The van der Waals surface area contributed by atoms with Crippen molar-refractivity contribution in [2.24, 2.45) is 0 Å². The van der Waals surface area contributed by atoms with Gasteiger partial charge in [0.2, 0.25) is 0 Å². The number of hydrogen-bond acceptors (Lipinski definition) is 3. The fourth-order valence-corrected chi connectivity index (χ4v) is 1.24. The average Bonchev–Trinajstić information content (AvgIpc) is 2.58. The molecule has 0 aromatic carbocycles. The molecule has 1 fully saturated rings. The van der Waals surface area contributed by atoms with Gasteiger partial charge in [0.25, 0.3) is 0 Å². The van der Waals surface area contributed by atoms with Gasteiger partial charge < -0.3 is 9.64 Å². The molecule has 0 aromatic heterocycles. The Morgan fingerprint density at radius 2 is 1.46 bits per heavy atom. The number of ether oxygens (including phenoxy) is 1. The third-order valence-electron chi connectivity index (χ3n) is 2.24. The third kappa shape index (κ3) is 5.03. The molecule has 2 rings (SSSR count). The first-order chi connectivity index (χ1) is 6.29. The van der Waals surface area contributed by atoms with Crippen molar-refractivity contribution in [3.8, 4) is 0 Å². The zero-order valence-corrected chi connectivity index (χ0v) is 8.70. The van der Waals surface area contributed by atoms with E-state index in [4.69, 9.17) is 4.74 Å². The second-order valence-corrected chi connectivity index (χ2v) is 3.61. The number of rotatable bonds is 0. The topological polar surface area (TPSA) is 15.7 Å². The van der Waals surface area contributed by atoms with Crippen LogP contribution in [0.5, 0.6) is 0 Å². The van der Waals surface area contributed by atoms with Crippen LogP contribution < -0.4 is 0 Å². The molecule has 0 amide bonds. The molecule has 0 N–H and O–H groups in total. The minimum absolute atomic E-state index is 0.913. The molecule has 0 aliphatic carbocycles. The molecule has 1 saturated heterocycles. The smallest absolute Gasteiger partial charge is 0.0594 e. The van der Waals surface area contributed by atoms with Crippen LogP contribution in [0.1, 0.15) is 0 Å². The van der Waals surface area contributed by atoms with Crippen molar-refractivity contribution in [3.05, 3.63) is 12.2 Å². The largest absolute Gasteiger partial charge is 0.379 e. The standard InChI is InChI=1S/C5H11NO.C5H9N/c1-6-2-4-7-5-3-6;1-6-4-2-3-5-6/h2-5H2,1H3;2-3H,4-5H2,1H3. The third-order valence-corrected chi connectivity index (χ3v) is 2.24. The average molecular weight is 184 g/mol. The molecule has 13 heavy (non-hydrogen) atoms. The summed E-state index contributed by atoms with van der Waals surface area (Å²) in [5.74, 6) is 0. The van der Waals surface area contributed by atoms with Gasteiger partial charge in [-0.15, -0.1) is 0 Å². The molecule has 2 aliphatic rings. The van der Waals surface area contributed by atoms with Gasteiger partial charge in [-0.05, 0) is 14.1 Å². The lowest BCUT2D eigenvalue weighted by atomic mass is 10.5. The lowest BCUT2D eigenvalue weighted by Crippen LogP contribution is -2.32. The number of nitrogens with zero attached hydrogens (tertiary/aromatic N) is 2. The summed E-state index contributed by atoms with van der Waals surface area (Å²) in [5, 5.41) is 0. The van der Waals surface area contributed by atoms with E-state index >= 15 is 0 Å². The Labute approximate surface area is 81.0 Å². The molecule has 3 nitrogen and oxygen atoms in total. The van der Waals surface area contributed by atoms with Crippen molar-refractivity contribution < 1.29 is 4.74 Å². The zero-order valence-electron chi connectivity index (χ0n) is 8.70. The molecule has 0 bridgehead atoms. The van der Waals surface area contributed by atoms with E-state index in [0.717, 1.165) is 39.4 Å². The Bertz CT molecular complexity index is 145. The van der Waals surface area contributed by atoms with Crippen LogP contribution >= 0.6 is 0 Å². The van der Waals surface area contributed by atoms with E-state index in [1.807, 2.05) is 0 Å². The summed E-state index contributed by atoms with van der Waals surface area (Å²) in [4.78, 5) is 4.52. The Morgan fingerprint density at radius 3 is 1.69 bits per heavy atom. The lowest BCUT2D eigenvalue weighted by Gasteiger charge is -2.21. The van der Waals surface area contributed by atoms with Gasteiger partial charge >= 0.3 is 0 Å². The van der Waals surface area contributed by atoms with Gasteiger partial charge in [-0.2, -0.15) is 0 Å². The van der Waals surface area contributed by atoms with Crippen LogP contribution in [0, 0.1) is 0 Å². The van der Waals surface area contributed by atoms with Gasteiger partial charge in [-0.3, -0.25) is 4.90 Å². The van der Waals surface area contributed by atoms with E-state index in [1.165, 1.54) is 0 Å². The van der Waals surface area contributed by atoms with Crippen molar-refractivity contribution in [3.63, 3.8) is 0 Å². The molecule has 0 radical (unpaired) electrons. The zero-order chi connectivity index (χ0) is 9.52. The van der Waals surface area contributed by atoms with Crippen LogP contribution in [0.3, 0.4) is 0 Å². The molecule has 0 spiro atoms. The Morgan fingerprint density at radius 1 is 0.923 bits per heavy atom. The Balaban J connectivity index is 0.000000132. The highest BCUT2D eigenvalue weighted by Gasteiger charge is 2.02. The highest BCUT2D eigenvalue weighted by atomic mass is 16.5. The molecule has 76 valence electrons. The number of hydrogen-bond donors (Lipinski definition) is 0. The fourth-order valence-electron chi connectivity index (χ4n) is 1.24. The molecule has 3 heteroatoms. The predicted molar refractivity (Wildman–Crippen MR) is 55.0 cm³/mol. The van der Waals surface area contributed by atoms with Gasteiger partial charge in [0.05, 0.1) is 13.2 Å². The molecule has 0 saturated carbocycles. The van der Waals surface area contributed by atoms with Gasteiger partial charge in [0.1, 0.15) is 0 Å². The van der Waals surface area contributed by atoms with E-state index in [-0.39, 0.29) is 0 Å². The van der Waals surface area contributed by atoms with E-state index in [0.29, 0.717) is 0 Å². The Kier molecular flexibility index (Phi) is 5.05. The van der Waals surface area contributed by atoms with E-state index in [9.17, 15) is 0 Å². The van der Waals surface area contributed by atoms with Crippen LogP contribution in [0.2, 0.25) is 0 Å². The highest BCUT2D eigenvalue weighted by Crippen LogP contribution is 1.91. The summed E-state index contributed by atoms with van der Waals surface area (Å²) >= 11 is 0. The van der Waals surface area contributed by atoms with E-state index < -0.39 is 0 Å². The molecule has 2 heterocycles. The first-order valence-electron chi connectivity index (χ1n) is 4.89. The summed E-state index contributed by atoms with van der Waals surface area (Å²) in [6.45, 7) is 6.30. The minimum Gasteiger partial charge on any atom is -0.379 e. The second kappa shape index (κ2) is 6.13. The maximum absolute atomic E-state index is 5.10. The molecular formula is C10H20N2O. The van der Waals surface area contributed by atoms with Gasteiger partial charge in [-0.1, -0.05) is 12.2 Å². The maximum atomic E-state index is 5.10. The van der Waals surface area contributed by atoms with Crippen molar-refractivity contribution in [1.82, 2.24) is 9.80 Å². The minimum atomic E-state index is 0.913. The predicted octanol–water partition coefficient (Wildman–Crippen LogP) is 0.436. The highest BCUT2D eigenvalue weighted by molar-refractivity contribution is 4.93. The normalized spacial score (nSPS) is 24.2. The van der Waals surface area contributed by atoms with Crippen LogP contribution in [-0.2, 0) is 4.74 Å². The van der Waals surface area contributed by atoms with Crippen LogP contribution in [-0.4, -0.2) is 63.3 Å². The first-order valence-corrected chi connectivity index (χ1v) is 4.89. The van der Waals surface area contributed by atoms with E-state index in [2.05, 4.69) is 36.0 Å². The summed E-state index contributed by atoms with van der Waals surface area (Å²) in [5.41, 5.74) is 0. The molecule has 2 aliphatic heterocycles. The number of likely N-dealkylation sites (N-methyl/N-ethyl adjacent to an activating group) is 2. The van der Waals surface area contributed by atoms with Gasteiger partial charge in [0.15, 0.2) is 0 Å². The monoisotopic (exact) mass is 184 g/mol. The summed E-state index contributed by atoms with van der Waals surface area (Å²) < 4.78 is 5.10. The Hall–Kier alpha value is -0.380. The molecule has 0 atom stereocenters.